The van der Waals surface area contributed by atoms with Gasteiger partial charge in [0.15, 0.2) is 5.92 Å². The van der Waals surface area contributed by atoms with Crippen LogP contribution in [0.5, 0.6) is 0 Å². The Kier molecular flexibility index (Phi) is 8.52. The van der Waals surface area contributed by atoms with Crippen LogP contribution in [-0.2, 0) is 14.3 Å². The Bertz CT molecular complexity index is 652. The zero-order chi connectivity index (χ0) is 17.9. The molecule has 24 heavy (non-hydrogen) atoms. The number of halogens is 1. The first-order valence-electron chi connectivity index (χ1n) is 7.61. The zero-order valence-electron chi connectivity index (χ0n) is 13.6. The number of esters is 2. The van der Waals surface area contributed by atoms with E-state index in [4.69, 9.17) is 26.3 Å². The van der Waals surface area contributed by atoms with Gasteiger partial charge in [-0.25, -0.2) is 4.79 Å². The molecule has 0 radical (unpaired) electrons. The quantitative estimate of drug-likeness (QED) is 0.526. The normalized spacial score (nSPS) is 11.8. The topological polar surface area (TPSA) is 88.8 Å². The summed E-state index contributed by atoms with van der Waals surface area (Å²) in [5, 5.41) is 9.14. The highest BCUT2D eigenvalue weighted by molar-refractivity contribution is 6.36. The van der Waals surface area contributed by atoms with Crippen LogP contribution in [0.15, 0.2) is 23.2 Å². The molecule has 0 aromatic heterocycles. The fourth-order valence-electron chi connectivity index (χ4n) is 1.64. The lowest BCUT2D eigenvalue weighted by molar-refractivity contribution is -0.144. The average molecular weight is 351 g/mol. The smallest absolute Gasteiger partial charge is 0.339 e. The van der Waals surface area contributed by atoms with Crippen molar-refractivity contribution < 1.29 is 19.1 Å². The molecular formula is C17H19ClN2O4. The summed E-state index contributed by atoms with van der Waals surface area (Å²) in [5.41, 5.74) is 0.452. The molecule has 1 rings (SSSR count). The van der Waals surface area contributed by atoms with Crippen molar-refractivity contribution >= 4 is 35.4 Å². The Morgan fingerprint density at radius 3 is 2.58 bits per heavy atom. The van der Waals surface area contributed by atoms with Gasteiger partial charge in [0, 0.05) is 6.21 Å². The highest BCUT2D eigenvalue weighted by Gasteiger charge is 2.18. The highest BCUT2D eigenvalue weighted by Crippen LogP contribution is 2.29. The first kappa shape index (κ1) is 19.7. The number of carbonyl (C=O) groups is 2. The van der Waals surface area contributed by atoms with E-state index in [1.807, 2.05) is 19.9 Å². The van der Waals surface area contributed by atoms with Crippen molar-refractivity contribution in [3.8, 4) is 6.07 Å². The minimum atomic E-state index is -1.14. The molecule has 128 valence electrons. The summed E-state index contributed by atoms with van der Waals surface area (Å²) >= 11 is 6.16. The standard InChI is InChI=1S/C17H19ClN2O4/c1-3-8-23-16(21)12(10-19)11-20-14-7-5-6-13(15(14)18)17(22)24-9-4-2/h5-7,11-12H,3-4,8-9H2,1-2H3. The van der Waals surface area contributed by atoms with E-state index >= 15 is 0 Å². The Morgan fingerprint density at radius 1 is 1.29 bits per heavy atom. The molecule has 0 amide bonds. The van der Waals surface area contributed by atoms with E-state index in [0.29, 0.717) is 19.4 Å². The third kappa shape index (κ3) is 5.67. The molecular weight excluding hydrogens is 332 g/mol. The molecule has 0 aliphatic carbocycles. The number of nitriles is 1. The number of ether oxygens (including phenoxy) is 2. The SMILES string of the molecule is CCCOC(=O)c1cccc(N=CC(C#N)C(=O)OCCC)c1Cl. The summed E-state index contributed by atoms with van der Waals surface area (Å²) in [5.74, 6) is -2.35. The maximum Gasteiger partial charge on any atom is 0.339 e. The van der Waals surface area contributed by atoms with E-state index in [0.717, 1.165) is 6.21 Å². The van der Waals surface area contributed by atoms with E-state index in [9.17, 15) is 9.59 Å². The van der Waals surface area contributed by atoms with Crippen LogP contribution < -0.4 is 0 Å². The molecule has 0 aliphatic heterocycles. The van der Waals surface area contributed by atoms with Crippen LogP contribution in [0, 0.1) is 17.2 Å². The predicted octanol–water partition coefficient (Wildman–Crippen LogP) is 3.70. The van der Waals surface area contributed by atoms with Crippen molar-refractivity contribution in [1.82, 2.24) is 0 Å². The largest absolute Gasteiger partial charge is 0.464 e. The molecule has 1 aromatic rings. The summed E-state index contributed by atoms with van der Waals surface area (Å²) in [6, 6.07) is 6.50. The molecule has 0 saturated carbocycles. The first-order chi connectivity index (χ1) is 11.5. The summed E-state index contributed by atoms with van der Waals surface area (Å²) in [6.45, 7) is 4.27. The van der Waals surface area contributed by atoms with Crippen LogP contribution in [0.2, 0.25) is 5.02 Å². The van der Waals surface area contributed by atoms with Gasteiger partial charge >= 0.3 is 11.9 Å². The van der Waals surface area contributed by atoms with Crippen molar-refractivity contribution in [1.29, 1.82) is 5.26 Å². The number of hydrogen-bond acceptors (Lipinski definition) is 6. The van der Waals surface area contributed by atoms with Gasteiger partial charge in [-0.1, -0.05) is 31.5 Å². The monoisotopic (exact) mass is 350 g/mol. The molecule has 0 spiro atoms. The third-order valence-corrected chi connectivity index (χ3v) is 3.24. The number of rotatable bonds is 8. The number of hydrogen-bond donors (Lipinski definition) is 0. The van der Waals surface area contributed by atoms with Crippen molar-refractivity contribution in [3.63, 3.8) is 0 Å². The Morgan fingerprint density at radius 2 is 1.96 bits per heavy atom. The number of nitrogens with zero attached hydrogens (tertiary/aromatic N) is 2. The Balaban J connectivity index is 2.92. The lowest BCUT2D eigenvalue weighted by atomic mass is 10.2. The Labute approximate surface area is 146 Å². The minimum absolute atomic E-state index is 0.105. The fourth-order valence-corrected chi connectivity index (χ4v) is 1.90. The van der Waals surface area contributed by atoms with Gasteiger partial charge in [-0.3, -0.25) is 9.79 Å². The van der Waals surface area contributed by atoms with E-state index in [1.165, 1.54) is 6.07 Å². The minimum Gasteiger partial charge on any atom is -0.464 e. The van der Waals surface area contributed by atoms with Crippen LogP contribution in [0.1, 0.15) is 37.0 Å². The third-order valence-electron chi connectivity index (χ3n) is 2.84. The second-order valence-electron chi connectivity index (χ2n) is 4.83. The maximum absolute atomic E-state index is 11.9. The van der Waals surface area contributed by atoms with E-state index < -0.39 is 17.9 Å². The van der Waals surface area contributed by atoms with Crippen LogP contribution in [0.25, 0.3) is 0 Å². The summed E-state index contributed by atoms with van der Waals surface area (Å²) in [6.07, 6.45) is 2.51. The highest BCUT2D eigenvalue weighted by atomic mass is 35.5. The number of carbonyl (C=O) groups excluding carboxylic acids is 2. The number of aliphatic imine (C=N–C) groups is 1. The zero-order valence-corrected chi connectivity index (χ0v) is 14.4. The van der Waals surface area contributed by atoms with Gasteiger partial charge in [-0.2, -0.15) is 5.26 Å². The molecule has 0 fully saturated rings. The van der Waals surface area contributed by atoms with Gasteiger partial charge in [-0.05, 0) is 25.0 Å². The van der Waals surface area contributed by atoms with Gasteiger partial charge in [0.1, 0.15) is 0 Å². The molecule has 0 saturated heterocycles. The van der Waals surface area contributed by atoms with Crippen molar-refractivity contribution in [3.05, 3.63) is 28.8 Å². The fraction of sp³-hybridized carbons (Fsp3) is 0.412. The maximum atomic E-state index is 11.9. The van der Waals surface area contributed by atoms with E-state index in [-0.39, 0.29) is 22.9 Å². The molecule has 0 N–H and O–H groups in total. The van der Waals surface area contributed by atoms with Gasteiger partial charge in [0.2, 0.25) is 0 Å². The second kappa shape index (κ2) is 10.4. The molecule has 0 heterocycles. The van der Waals surface area contributed by atoms with Crippen LogP contribution in [-0.4, -0.2) is 31.4 Å². The van der Waals surface area contributed by atoms with E-state index in [2.05, 4.69) is 4.99 Å². The van der Waals surface area contributed by atoms with Crippen molar-refractivity contribution in [2.45, 2.75) is 26.7 Å². The molecule has 0 aliphatic rings. The molecule has 1 aromatic carbocycles. The molecule has 0 bridgehead atoms. The predicted molar refractivity (Wildman–Crippen MR) is 90.5 cm³/mol. The van der Waals surface area contributed by atoms with Gasteiger partial charge < -0.3 is 9.47 Å². The molecule has 1 atom stereocenters. The summed E-state index contributed by atoms with van der Waals surface area (Å²) in [7, 11) is 0. The van der Waals surface area contributed by atoms with Crippen molar-refractivity contribution in [2.24, 2.45) is 10.9 Å². The van der Waals surface area contributed by atoms with Gasteiger partial charge in [0.05, 0.1) is 35.6 Å². The summed E-state index contributed by atoms with van der Waals surface area (Å²) in [4.78, 5) is 27.6. The van der Waals surface area contributed by atoms with Crippen LogP contribution >= 0.6 is 11.6 Å². The Hall–Kier alpha value is -2.39. The van der Waals surface area contributed by atoms with Crippen LogP contribution in [0.4, 0.5) is 5.69 Å². The lowest BCUT2D eigenvalue weighted by Gasteiger charge is -2.07. The average Bonchev–Trinajstić information content (AvgIpc) is 2.59. The van der Waals surface area contributed by atoms with E-state index in [1.54, 1.807) is 12.1 Å². The van der Waals surface area contributed by atoms with Gasteiger partial charge in [0.25, 0.3) is 0 Å². The molecule has 7 heteroatoms. The van der Waals surface area contributed by atoms with Gasteiger partial charge in [-0.15, -0.1) is 0 Å². The second-order valence-corrected chi connectivity index (χ2v) is 5.21. The summed E-state index contributed by atoms with van der Waals surface area (Å²) < 4.78 is 9.95. The van der Waals surface area contributed by atoms with Crippen LogP contribution in [0.3, 0.4) is 0 Å². The molecule has 1 unspecified atom stereocenters. The first-order valence-corrected chi connectivity index (χ1v) is 7.99. The lowest BCUT2D eigenvalue weighted by Crippen LogP contribution is -2.17. The van der Waals surface area contributed by atoms with Crippen molar-refractivity contribution in [2.75, 3.05) is 13.2 Å². The number of benzene rings is 1. The molecule has 6 nitrogen and oxygen atoms in total.